The van der Waals surface area contributed by atoms with Crippen LogP contribution in [-0.4, -0.2) is 9.55 Å². The average Bonchev–Trinajstić information content (AvgIpc) is 2.85. The van der Waals surface area contributed by atoms with E-state index >= 15 is 0 Å². The highest BCUT2D eigenvalue weighted by Crippen LogP contribution is 2.58. The van der Waals surface area contributed by atoms with E-state index in [2.05, 4.69) is 22.7 Å². The molecule has 5 rings (SSSR count). The van der Waals surface area contributed by atoms with Crippen LogP contribution in [0.25, 0.3) is 0 Å². The molecule has 4 saturated carbocycles. The zero-order valence-electron chi connectivity index (χ0n) is 11.8. The first-order valence-electron chi connectivity index (χ1n) is 8.02. The lowest BCUT2D eigenvalue weighted by atomic mass is 9.50. The lowest BCUT2D eigenvalue weighted by Gasteiger charge is -2.55. The van der Waals surface area contributed by atoms with Crippen LogP contribution in [0.3, 0.4) is 0 Å². The standard InChI is InChI=1S/C16H25N3/c1-2-19-4-3-18-16(19)15(17)14-12-6-10-5-11(8-12)9-13(14)7-10/h3-4,10-15H,2,5-9,17H2,1H3. The van der Waals surface area contributed by atoms with Gasteiger partial charge in [0.05, 0.1) is 6.04 Å². The van der Waals surface area contributed by atoms with Crippen molar-refractivity contribution >= 4 is 0 Å². The van der Waals surface area contributed by atoms with Gasteiger partial charge in [0.25, 0.3) is 0 Å². The quantitative estimate of drug-likeness (QED) is 0.907. The van der Waals surface area contributed by atoms with Crippen LogP contribution >= 0.6 is 0 Å². The second kappa shape index (κ2) is 4.34. The summed E-state index contributed by atoms with van der Waals surface area (Å²) in [5, 5.41) is 0. The number of imidazole rings is 1. The highest BCUT2D eigenvalue weighted by molar-refractivity contribution is 5.08. The van der Waals surface area contributed by atoms with Gasteiger partial charge < -0.3 is 10.3 Å². The molecule has 1 atom stereocenters. The maximum Gasteiger partial charge on any atom is 0.125 e. The van der Waals surface area contributed by atoms with Gasteiger partial charge in [0, 0.05) is 18.9 Å². The molecule has 4 aliphatic rings. The lowest BCUT2D eigenvalue weighted by Crippen LogP contribution is -2.49. The van der Waals surface area contributed by atoms with E-state index in [0.717, 1.165) is 36.0 Å². The molecule has 3 heteroatoms. The van der Waals surface area contributed by atoms with Crippen LogP contribution in [0.1, 0.15) is 50.9 Å². The van der Waals surface area contributed by atoms with Gasteiger partial charge in [-0.25, -0.2) is 4.98 Å². The van der Waals surface area contributed by atoms with Gasteiger partial charge >= 0.3 is 0 Å². The smallest absolute Gasteiger partial charge is 0.125 e. The van der Waals surface area contributed by atoms with E-state index in [1.54, 1.807) is 0 Å². The molecule has 1 unspecified atom stereocenters. The van der Waals surface area contributed by atoms with Crippen LogP contribution in [0.5, 0.6) is 0 Å². The van der Waals surface area contributed by atoms with Gasteiger partial charge in [0.1, 0.15) is 5.82 Å². The molecule has 0 spiro atoms. The molecule has 4 aliphatic carbocycles. The highest BCUT2D eigenvalue weighted by Gasteiger charge is 2.50. The molecule has 0 amide bonds. The molecule has 0 radical (unpaired) electrons. The van der Waals surface area contributed by atoms with E-state index in [9.17, 15) is 0 Å². The number of nitrogens with zero attached hydrogens (tertiary/aromatic N) is 2. The van der Waals surface area contributed by atoms with Crippen molar-refractivity contribution in [1.82, 2.24) is 9.55 Å². The van der Waals surface area contributed by atoms with Gasteiger partial charge in [0.15, 0.2) is 0 Å². The van der Waals surface area contributed by atoms with E-state index in [0.29, 0.717) is 5.92 Å². The average molecular weight is 259 g/mol. The van der Waals surface area contributed by atoms with E-state index < -0.39 is 0 Å². The summed E-state index contributed by atoms with van der Waals surface area (Å²) in [5.74, 6) is 5.63. The van der Waals surface area contributed by atoms with Crippen molar-refractivity contribution in [1.29, 1.82) is 0 Å². The lowest BCUT2D eigenvalue weighted by molar-refractivity contribution is -0.0485. The van der Waals surface area contributed by atoms with E-state index in [1.165, 1.54) is 32.1 Å². The molecule has 4 fully saturated rings. The predicted octanol–water partition coefficient (Wildman–Crippen LogP) is 2.98. The van der Waals surface area contributed by atoms with Crippen molar-refractivity contribution < 1.29 is 0 Å². The summed E-state index contributed by atoms with van der Waals surface area (Å²) in [6.45, 7) is 3.16. The molecule has 2 N–H and O–H groups in total. The molecule has 1 aromatic rings. The first-order chi connectivity index (χ1) is 9.26. The summed E-state index contributed by atoms with van der Waals surface area (Å²) in [6, 6.07) is 0.157. The van der Waals surface area contributed by atoms with Crippen molar-refractivity contribution in [2.45, 2.75) is 51.6 Å². The number of hydrogen-bond donors (Lipinski definition) is 1. The summed E-state index contributed by atoms with van der Waals surface area (Å²) in [6.07, 6.45) is 11.3. The number of hydrogen-bond acceptors (Lipinski definition) is 2. The SMILES string of the molecule is CCn1ccnc1C(N)C1C2CC3CC(C2)CC1C3. The van der Waals surface area contributed by atoms with Crippen molar-refractivity contribution in [2.24, 2.45) is 35.3 Å². The Morgan fingerprint density at radius 3 is 2.42 bits per heavy atom. The zero-order chi connectivity index (χ0) is 13.0. The molecule has 19 heavy (non-hydrogen) atoms. The fourth-order valence-electron chi connectivity index (χ4n) is 5.61. The van der Waals surface area contributed by atoms with Crippen LogP contribution in [0.15, 0.2) is 12.4 Å². The first-order valence-corrected chi connectivity index (χ1v) is 8.02. The van der Waals surface area contributed by atoms with Gasteiger partial charge in [-0.2, -0.15) is 0 Å². The minimum atomic E-state index is 0.157. The van der Waals surface area contributed by atoms with E-state index in [4.69, 9.17) is 5.73 Å². The Labute approximate surface area is 115 Å². The van der Waals surface area contributed by atoms with Gasteiger partial charge in [-0.1, -0.05) is 0 Å². The van der Waals surface area contributed by atoms with Crippen molar-refractivity contribution in [3.8, 4) is 0 Å². The third-order valence-electron chi connectivity index (χ3n) is 6.10. The first kappa shape index (κ1) is 12.0. The number of rotatable bonds is 3. The molecule has 3 nitrogen and oxygen atoms in total. The van der Waals surface area contributed by atoms with Crippen molar-refractivity contribution in [3.63, 3.8) is 0 Å². The Morgan fingerprint density at radius 1 is 1.21 bits per heavy atom. The van der Waals surface area contributed by atoms with Crippen molar-refractivity contribution in [2.75, 3.05) is 0 Å². The Hall–Kier alpha value is -0.830. The molecular formula is C16H25N3. The van der Waals surface area contributed by atoms with Crippen LogP contribution in [0.4, 0.5) is 0 Å². The minimum Gasteiger partial charge on any atom is -0.334 e. The summed E-state index contributed by atoms with van der Waals surface area (Å²) in [7, 11) is 0. The topological polar surface area (TPSA) is 43.8 Å². The summed E-state index contributed by atoms with van der Waals surface area (Å²) < 4.78 is 2.23. The van der Waals surface area contributed by atoms with Crippen LogP contribution in [-0.2, 0) is 6.54 Å². The van der Waals surface area contributed by atoms with E-state index in [1.807, 2.05) is 6.20 Å². The molecule has 0 saturated heterocycles. The summed E-state index contributed by atoms with van der Waals surface area (Å²) in [5.41, 5.74) is 6.66. The molecule has 1 heterocycles. The van der Waals surface area contributed by atoms with Gasteiger partial charge in [-0.15, -0.1) is 0 Å². The molecule has 104 valence electrons. The normalized spacial score (nSPS) is 41.7. The third kappa shape index (κ3) is 1.78. The molecule has 1 aromatic heterocycles. The zero-order valence-corrected chi connectivity index (χ0v) is 11.8. The van der Waals surface area contributed by atoms with Crippen LogP contribution in [0, 0.1) is 29.6 Å². The van der Waals surface area contributed by atoms with Gasteiger partial charge in [-0.05, 0) is 68.6 Å². The summed E-state index contributed by atoms with van der Waals surface area (Å²) >= 11 is 0. The largest absolute Gasteiger partial charge is 0.334 e. The van der Waals surface area contributed by atoms with Gasteiger partial charge in [-0.3, -0.25) is 0 Å². The predicted molar refractivity (Wildman–Crippen MR) is 75.4 cm³/mol. The molecular weight excluding hydrogens is 234 g/mol. The monoisotopic (exact) mass is 259 g/mol. The highest BCUT2D eigenvalue weighted by atomic mass is 15.1. The fourth-order valence-corrected chi connectivity index (χ4v) is 5.61. The second-order valence-corrected chi connectivity index (χ2v) is 7.11. The fraction of sp³-hybridized carbons (Fsp3) is 0.812. The van der Waals surface area contributed by atoms with Crippen LogP contribution in [0.2, 0.25) is 0 Å². The Morgan fingerprint density at radius 2 is 1.84 bits per heavy atom. The Bertz CT molecular complexity index is 436. The number of aryl methyl sites for hydroxylation is 1. The second-order valence-electron chi connectivity index (χ2n) is 7.11. The number of aromatic nitrogens is 2. The maximum absolute atomic E-state index is 6.66. The summed E-state index contributed by atoms with van der Waals surface area (Å²) in [4.78, 5) is 4.56. The van der Waals surface area contributed by atoms with E-state index in [-0.39, 0.29) is 6.04 Å². The molecule has 0 aliphatic heterocycles. The van der Waals surface area contributed by atoms with Gasteiger partial charge in [0.2, 0.25) is 0 Å². The maximum atomic E-state index is 6.66. The molecule has 4 bridgehead atoms. The number of nitrogens with two attached hydrogens (primary N) is 1. The van der Waals surface area contributed by atoms with Crippen LogP contribution < -0.4 is 5.73 Å². The Kier molecular flexibility index (Phi) is 2.73. The minimum absolute atomic E-state index is 0.157. The van der Waals surface area contributed by atoms with Crippen molar-refractivity contribution in [3.05, 3.63) is 18.2 Å². The third-order valence-corrected chi connectivity index (χ3v) is 6.10. The molecule has 0 aromatic carbocycles. The Balaban J connectivity index is 1.62.